The van der Waals surface area contributed by atoms with Crippen molar-refractivity contribution in [3.63, 3.8) is 0 Å². The van der Waals surface area contributed by atoms with Gasteiger partial charge in [-0.3, -0.25) is 9.59 Å². The predicted molar refractivity (Wildman–Crippen MR) is 109 cm³/mol. The predicted octanol–water partition coefficient (Wildman–Crippen LogP) is 2.01. The molecule has 0 bridgehead atoms. The minimum absolute atomic E-state index is 0.0370. The van der Waals surface area contributed by atoms with Gasteiger partial charge in [-0.1, -0.05) is 18.2 Å². The second-order valence-corrected chi connectivity index (χ2v) is 7.04. The Bertz CT molecular complexity index is 687. The highest BCUT2D eigenvalue weighted by atomic mass is 16.6. The summed E-state index contributed by atoms with van der Waals surface area (Å²) in [6.07, 6.45) is 2.05. The van der Waals surface area contributed by atoms with E-state index in [1.807, 2.05) is 31.2 Å². The van der Waals surface area contributed by atoms with Crippen LogP contribution in [0.5, 0.6) is 5.75 Å². The maximum atomic E-state index is 12.1. The molecule has 2 N–H and O–H groups in total. The van der Waals surface area contributed by atoms with E-state index >= 15 is 0 Å². The van der Waals surface area contributed by atoms with Gasteiger partial charge in [-0.2, -0.15) is 0 Å². The topological polar surface area (TPSA) is 97.0 Å². The molecular weight excluding hydrogens is 374 g/mol. The smallest absolute Gasteiger partial charge is 0.409 e. The van der Waals surface area contributed by atoms with Crippen molar-refractivity contribution in [1.82, 2.24) is 15.5 Å². The Balaban J connectivity index is 1.54. The number of ether oxygens (including phenoxy) is 2. The van der Waals surface area contributed by atoms with Crippen LogP contribution in [0.1, 0.15) is 38.2 Å². The van der Waals surface area contributed by atoms with E-state index in [4.69, 9.17) is 9.47 Å². The summed E-state index contributed by atoms with van der Waals surface area (Å²) in [6, 6.07) is 7.60. The van der Waals surface area contributed by atoms with Gasteiger partial charge in [0.05, 0.1) is 6.61 Å². The van der Waals surface area contributed by atoms with Crippen molar-refractivity contribution in [3.8, 4) is 5.75 Å². The molecule has 29 heavy (non-hydrogen) atoms. The van der Waals surface area contributed by atoms with Gasteiger partial charge in [-0.15, -0.1) is 0 Å². The van der Waals surface area contributed by atoms with Crippen LogP contribution < -0.4 is 15.4 Å². The van der Waals surface area contributed by atoms with Gasteiger partial charge >= 0.3 is 6.09 Å². The van der Waals surface area contributed by atoms with Gasteiger partial charge in [0.1, 0.15) is 5.75 Å². The third-order valence-electron chi connectivity index (χ3n) is 4.74. The highest BCUT2D eigenvalue weighted by Gasteiger charge is 2.24. The summed E-state index contributed by atoms with van der Waals surface area (Å²) >= 11 is 0. The highest BCUT2D eigenvalue weighted by Crippen LogP contribution is 2.15. The summed E-state index contributed by atoms with van der Waals surface area (Å²) in [6.45, 7) is 5.61. The maximum Gasteiger partial charge on any atom is 0.409 e. The molecule has 0 spiro atoms. The third-order valence-corrected chi connectivity index (χ3v) is 4.74. The normalized spacial score (nSPS) is 14.2. The molecule has 1 aromatic carbocycles. The number of benzene rings is 1. The Morgan fingerprint density at radius 2 is 1.86 bits per heavy atom. The second kappa shape index (κ2) is 11.9. The van der Waals surface area contributed by atoms with Crippen LogP contribution in [0.3, 0.4) is 0 Å². The van der Waals surface area contributed by atoms with Gasteiger partial charge in [-0.05, 0) is 44.7 Å². The largest absolute Gasteiger partial charge is 0.484 e. The zero-order chi connectivity index (χ0) is 21.1. The minimum Gasteiger partial charge on any atom is -0.484 e. The van der Waals surface area contributed by atoms with Gasteiger partial charge in [0.2, 0.25) is 5.91 Å². The fraction of sp³-hybridized carbons (Fsp3) is 0.571. The van der Waals surface area contributed by atoms with Gasteiger partial charge in [0.15, 0.2) is 6.61 Å². The molecule has 0 radical (unpaired) electrons. The molecule has 0 aliphatic carbocycles. The van der Waals surface area contributed by atoms with Gasteiger partial charge in [-0.25, -0.2) is 4.79 Å². The van der Waals surface area contributed by atoms with Crippen molar-refractivity contribution in [2.45, 2.75) is 45.6 Å². The number of para-hydroxylation sites is 1. The molecule has 160 valence electrons. The molecule has 1 saturated heterocycles. The standard InChI is InChI=1S/C21H31N3O5/c1-3-28-21(27)24-13-10-17(11-14-24)23-19(25)9-6-12-22-20(26)15-29-18-8-5-4-7-16(18)2/h4-5,7-8,17H,3,6,9-15H2,1-2H3,(H,22,26)(H,23,25). The number of piperidine rings is 1. The number of nitrogens with one attached hydrogen (secondary N) is 2. The number of likely N-dealkylation sites (tertiary alicyclic amines) is 1. The first kappa shape index (κ1) is 22.5. The average molecular weight is 405 g/mol. The van der Waals surface area contributed by atoms with E-state index in [0.717, 1.165) is 18.4 Å². The number of rotatable bonds is 9. The van der Waals surface area contributed by atoms with Crippen LogP contribution in [0.2, 0.25) is 0 Å². The molecule has 0 aromatic heterocycles. The van der Waals surface area contributed by atoms with E-state index in [0.29, 0.717) is 44.8 Å². The van der Waals surface area contributed by atoms with Crippen LogP contribution in [0, 0.1) is 6.92 Å². The zero-order valence-corrected chi connectivity index (χ0v) is 17.2. The number of carbonyl (C=O) groups excluding carboxylic acids is 3. The van der Waals surface area contributed by atoms with Crippen molar-refractivity contribution >= 4 is 17.9 Å². The molecule has 1 fully saturated rings. The van der Waals surface area contributed by atoms with Crippen molar-refractivity contribution in [1.29, 1.82) is 0 Å². The van der Waals surface area contributed by atoms with Crippen molar-refractivity contribution in [3.05, 3.63) is 29.8 Å². The van der Waals surface area contributed by atoms with Crippen LogP contribution in [0.4, 0.5) is 4.79 Å². The Morgan fingerprint density at radius 1 is 1.14 bits per heavy atom. The first-order chi connectivity index (χ1) is 14.0. The van der Waals surface area contributed by atoms with Gasteiger partial charge in [0, 0.05) is 32.1 Å². The second-order valence-electron chi connectivity index (χ2n) is 7.04. The molecule has 1 aliphatic rings. The molecule has 1 heterocycles. The van der Waals surface area contributed by atoms with Gasteiger partial charge < -0.3 is 25.0 Å². The Kier molecular flexibility index (Phi) is 9.27. The van der Waals surface area contributed by atoms with Crippen molar-refractivity contribution in [2.75, 3.05) is 32.8 Å². The van der Waals surface area contributed by atoms with Crippen molar-refractivity contribution in [2.24, 2.45) is 0 Å². The van der Waals surface area contributed by atoms with Crippen LogP contribution >= 0.6 is 0 Å². The summed E-state index contributed by atoms with van der Waals surface area (Å²) < 4.78 is 10.5. The van der Waals surface area contributed by atoms with E-state index in [1.54, 1.807) is 11.8 Å². The molecule has 8 heteroatoms. The molecule has 1 aliphatic heterocycles. The lowest BCUT2D eigenvalue weighted by molar-refractivity contribution is -0.124. The molecule has 2 rings (SSSR count). The fourth-order valence-corrected chi connectivity index (χ4v) is 3.11. The fourth-order valence-electron chi connectivity index (χ4n) is 3.11. The summed E-state index contributed by atoms with van der Waals surface area (Å²) in [5.74, 6) is 0.445. The van der Waals surface area contributed by atoms with Crippen LogP contribution in [0.15, 0.2) is 24.3 Å². The number of hydrogen-bond acceptors (Lipinski definition) is 5. The van der Waals surface area contributed by atoms with E-state index in [1.165, 1.54) is 0 Å². The summed E-state index contributed by atoms with van der Waals surface area (Å²) in [4.78, 5) is 37.3. The Hall–Kier alpha value is -2.77. The number of carbonyl (C=O) groups is 3. The summed E-state index contributed by atoms with van der Waals surface area (Å²) in [5, 5.41) is 5.76. The van der Waals surface area contributed by atoms with E-state index in [9.17, 15) is 14.4 Å². The van der Waals surface area contributed by atoms with E-state index in [2.05, 4.69) is 10.6 Å². The Morgan fingerprint density at radius 3 is 2.55 bits per heavy atom. The molecule has 0 unspecified atom stereocenters. The molecule has 3 amide bonds. The molecule has 0 atom stereocenters. The first-order valence-electron chi connectivity index (χ1n) is 10.2. The SMILES string of the molecule is CCOC(=O)N1CCC(NC(=O)CCCNC(=O)COc2ccccc2C)CC1. The number of amides is 3. The highest BCUT2D eigenvalue weighted by molar-refractivity contribution is 5.78. The lowest BCUT2D eigenvalue weighted by Gasteiger charge is -2.31. The van der Waals surface area contributed by atoms with Crippen LogP contribution in [-0.4, -0.2) is 61.7 Å². The average Bonchev–Trinajstić information content (AvgIpc) is 2.71. The number of aryl methyl sites for hydroxylation is 1. The molecule has 8 nitrogen and oxygen atoms in total. The molecular formula is C21H31N3O5. The van der Waals surface area contributed by atoms with Crippen molar-refractivity contribution < 1.29 is 23.9 Å². The lowest BCUT2D eigenvalue weighted by Crippen LogP contribution is -2.46. The number of hydrogen-bond donors (Lipinski definition) is 2. The summed E-state index contributed by atoms with van der Waals surface area (Å²) in [5.41, 5.74) is 0.977. The molecule has 1 aromatic rings. The van der Waals surface area contributed by atoms with Crippen LogP contribution in [-0.2, 0) is 14.3 Å². The monoisotopic (exact) mass is 405 g/mol. The zero-order valence-electron chi connectivity index (χ0n) is 17.2. The quantitative estimate of drug-likeness (QED) is 0.613. The van der Waals surface area contributed by atoms with E-state index < -0.39 is 0 Å². The van der Waals surface area contributed by atoms with Crippen LogP contribution in [0.25, 0.3) is 0 Å². The Labute approximate surface area is 171 Å². The third kappa shape index (κ3) is 8.01. The van der Waals surface area contributed by atoms with E-state index in [-0.39, 0.29) is 30.6 Å². The maximum absolute atomic E-state index is 12.1. The summed E-state index contributed by atoms with van der Waals surface area (Å²) in [7, 11) is 0. The lowest BCUT2D eigenvalue weighted by atomic mass is 10.1. The first-order valence-corrected chi connectivity index (χ1v) is 10.2. The molecule has 0 saturated carbocycles. The van der Waals surface area contributed by atoms with Gasteiger partial charge in [0.25, 0.3) is 5.91 Å². The number of nitrogens with zero attached hydrogens (tertiary/aromatic N) is 1. The minimum atomic E-state index is -0.292.